The number of carboxylic acid groups (broad SMARTS) is 2. The molecule has 0 fully saturated rings. The van der Waals surface area contributed by atoms with Crippen LogP contribution in [0.25, 0.3) is 11.1 Å². The Kier molecular flexibility index (Phi) is 6.77. The van der Waals surface area contributed by atoms with Crippen LogP contribution in [0.1, 0.15) is 23.5 Å². The van der Waals surface area contributed by atoms with Crippen molar-refractivity contribution in [3.05, 3.63) is 59.7 Å². The maximum Gasteiger partial charge on any atom is 0.409 e. The second-order valence-corrected chi connectivity index (χ2v) is 7.62. The summed E-state index contributed by atoms with van der Waals surface area (Å²) in [5, 5.41) is 18.0. The van der Waals surface area contributed by atoms with Crippen LogP contribution >= 0.6 is 0 Å². The molecule has 0 bridgehead atoms. The first-order chi connectivity index (χ1) is 15.2. The molecule has 1 atom stereocenters. The van der Waals surface area contributed by atoms with Crippen LogP contribution < -0.4 is 0 Å². The zero-order valence-corrected chi connectivity index (χ0v) is 17.7. The summed E-state index contributed by atoms with van der Waals surface area (Å²) >= 11 is 0. The van der Waals surface area contributed by atoms with Gasteiger partial charge in [-0.05, 0) is 22.3 Å². The maximum absolute atomic E-state index is 12.5. The SMILES string of the molecule is CN(CC(=O)N(C)[C@@H](CC(=O)O)C(=O)O)C(=O)OCC1c2ccccc2-c2ccccc21. The molecule has 2 N–H and O–H groups in total. The van der Waals surface area contributed by atoms with Gasteiger partial charge in [-0.1, -0.05) is 48.5 Å². The van der Waals surface area contributed by atoms with Gasteiger partial charge in [-0.2, -0.15) is 0 Å². The quantitative estimate of drug-likeness (QED) is 0.645. The lowest BCUT2D eigenvalue weighted by Crippen LogP contribution is -2.48. The van der Waals surface area contributed by atoms with Crippen LogP contribution in [0, 0.1) is 0 Å². The van der Waals surface area contributed by atoms with Gasteiger partial charge >= 0.3 is 18.0 Å². The third kappa shape index (κ3) is 4.72. The Morgan fingerprint density at radius 2 is 1.47 bits per heavy atom. The molecule has 9 nitrogen and oxygen atoms in total. The molecule has 9 heteroatoms. The average molecular weight is 440 g/mol. The first kappa shape index (κ1) is 22.8. The number of fused-ring (bicyclic) bond motifs is 3. The molecule has 0 aromatic heterocycles. The molecule has 2 aromatic carbocycles. The van der Waals surface area contributed by atoms with Crippen molar-refractivity contribution < 1.29 is 34.1 Å². The summed E-state index contributed by atoms with van der Waals surface area (Å²) in [6, 6.07) is 14.3. The van der Waals surface area contributed by atoms with Crippen molar-refractivity contribution in [1.82, 2.24) is 9.80 Å². The molecule has 2 amide bonds. The number of amides is 2. The van der Waals surface area contributed by atoms with Crippen molar-refractivity contribution in [2.75, 3.05) is 27.2 Å². The van der Waals surface area contributed by atoms with Gasteiger partial charge in [-0.3, -0.25) is 9.59 Å². The zero-order chi connectivity index (χ0) is 23.4. The standard InChI is InChI=1S/C23H24N2O7/c1-24(12-20(26)25(2)19(22(29)30)11-21(27)28)23(31)32-13-18-16-9-5-3-7-14(16)15-8-4-6-10-17(15)18/h3-10,18-19H,11-13H2,1-2H3,(H,27,28)(H,29,30)/t19-/m0/s1. The lowest BCUT2D eigenvalue weighted by atomic mass is 9.98. The van der Waals surface area contributed by atoms with E-state index in [2.05, 4.69) is 0 Å². The molecule has 0 saturated heterocycles. The summed E-state index contributed by atoms with van der Waals surface area (Å²) in [6.45, 7) is -0.367. The number of hydrogen-bond donors (Lipinski definition) is 2. The first-order valence-electron chi connectivity index (χ1n) is 9.97. The van der Waals surface area contributed by atoms with E-state index < -0.39 is 42.9 Å². The van der Waals surface area contributed by atoms with Gasteiger partial charge in [-0.25, -0.2) is 9.59 Å². The van der Waals surface area contributed by atoms with E-state index >= 15 is 0 Å². The van der Waals surface area contributed by atoms with Gasteiger partial charge in [0.05, 0.1) is 6.42 Å². The predicted molar refractivity (Wildman–Crippen MR) is 114 cm³/mol. The van der Waals surface area contributed by atoms with Crippen LogP contribution in [-0.2, 0) is 19.1 Å². The van der Waals surface area contributed by atoms with Gasteiger partial charge in [0.1, 0.15) is 19.2 Å². The number of carbonyl (C=O) groups is 4. The fourth-order valence-electron chi connectivity index (χ4n) is 3.81. The molecule has 0 aliphatic heterocycles. The molecule has 0 heterocycles. The molecule has 0 spiro atoms. The number of aliphatic carboxylic acids is 2. The van der Waals surface area contributed by atoms with Crippen LogP contribution in [0.2, 0.25) is 0 Å². The molecule has 0 radical (unpaired) electrons. The van der Waals surface area contributed by atoms with Gasteiger partial charge in [0.2, 0.25) is 5.91 Å². The fourth-order valence-corrected chi connectivity index (χ4v) is 3.81. The molecule has 32 heavy (non-hydrogen) atoms. The smallest absolute Gasteiger partial charge is 0.409 e. The van der Waals surface area contributed by atoms with E-state index in [1.807, 2.05) is 48.5 Å². The highest BCUT2D eigenvalue weighted by molar-refractivity contribution is 5.88. The van der Waals surface area contributed by atoms with E-state index in [4.69, 9.17) is 9.84 Å². The second-order valence-electron chi connectivity index (χ2n) is 7.62. The van der Waals surface area contributed by atoms with E-state index in [-0.39, 0.29) is 12.5 Å². The van der Waals surface area contributed by atoms with Gasteiger partial charge in [-0.15, -0.1) is 0 Å². The number of carbonyl (C=O) groups excluding carboxylic acids is 2. The Hall–Kier alpha value is -3.88. The van der Waals surface area contributed by atoms with E-state index in [1.54, 1.807) is 0 Å². The topological polar surface area (TPSA) is 124 Å². The maximum atomic E-state index is 12.5. The zero-order valence-electron chi connectivity index (χ0n) is 17.7. The van der Waals surface area contributed by atoms with E-state index in [0.717, 1.165) is 32.1 Å². The highest BCUT2D eigenvalue weighted by Crippen LogP contribution is 2.44. The third-order valence-corrected chi connectivity index (χ3v) is 5.53. The number of nitrogens with zero attached hydrogens (tertiary/aromatic N) is 2. The van der Waals surface area contributed by atoms with Crippen LogP contribution in [-0.4, -0.2) is 77.2 Å². The number of ether oxygens (including phenoxy) is 1. The van der Waals surface area contributed by atoms with E-state index in [1.165, 1.54) is 14.1 Å². The van der Waals surface area contributed by atoms with Gasteiger partial charge < -0.3 is 24.7 Å². The summed E-state index contributed by atoms with van der Waals surface area (Å²) in [7, 11) is 2.55. The van der Waals surface area contributed by atoms with Crippen molar-refractivity contribution in [2.24, 2.45) is 0 Å². The van der Waals surface area contributed by atoms with Crippen LogP contribution in [0.15, 0.2) is 48.5 Å². The molecular weight excluding hydrogens is 416 g/mol. The lowest BCUT2D eigenvalue weighted by molar-refractivity contribution is -0.153. The van der Waals surface area contributed by atoms with E-state index in [9.17, 15) is 24.3 Å². The summed E-state index contributed by atoms with van der Waals surface area (Å²) in [6.07, 6.45) is -1.48. The van der Waals surface area contributed by atoms with Gasteiger partial charge in [0.15, 0.2) is 0 Å². The Labute approximate surface area is 184 Å². The summed E-state index contributed by atoms with van der Waals surface area (Å²) in [5.41, 5.74) is 4.29. The molecule has 168 valence electrons. The van der Waals surface area contributed by atoms with Crippen molar-refractivity contribution in [1.29, 1.82) is 0 Å². The number of benzene rings is 2. The molecule has 3 rings (SSSR count). The minimum absolute atomic E-state index is 0.0813. The third-order valence-electron chi connectivity index (χ3n) is 5.53. The van der Waals surface area contributed by atoms with Crippen molar-refractivity contribution in [3.63, 3.8) is 0 Å². The lowest BCUT2D eigenvalue weighted by Gasteiger charge is -2.26. The van der Waals surface area contributed by atoms with E-state index in [0.29, 0.717) is 0 Å². The Morgan fingerprint density at radius 3 is 1.97 bits per heavy atom. The second kappa shape index (κ2) is 9.51. The van der Waals surface area contributed by atoms with Crippen molar-refractivity contribution in [2.45, 2.75) is 18.4 Å². The minimum atomic E-state index is -1.53. The predicted octanol–water partition coefficient (Wildman–Crippen LogP) is 2.25. The van der Waals surface area contributed by atoms with Gasteiger partial charge in [0, 0.05) is 20.0 Å². The minimum Gasteiger partial charge on any atom is -0.481 e. The first-order valence-corrected chi connectivity index (χ1v) is 9.97. The Morgan fingerprint density at radius 1 is 0.938 bits per heavy atom. The largest absolute Gasteiger partial charge is 0.481 e. The average Bonchev–Trinajstić information content (AvgIpc) is 3.08. The van der Waals surface area contributed by atoms with Crippen LogP contribution in [0.3, 0.4) is 0 Å². The normalized spacial score (nSPS) is 12.9. The monoisotopic (exact) mass is 440 g/mol. The number of rotatable bonds is 8. The molecule has 1 aliphatic carbocycles. The Bertz CT molecular complexity index is 1010. The number of likely N-dealkylation sites (N-methyl/N-ethyl adjacent to an activating group) is 2. The van der Waals surface area contributed by atoms with Crippen molar-refractivity contribution in [3.8, 4) is 11.1 Å². The molecular formula is C23H24N2O7. The van der Waals surface area contributed by atoms with Crippen LogP contribution in [0.4, 0.5) is 4.79 Å². The molecule has 1 aliphatic rings. The van der Waals surface area contributed by atoms with Crippen LogP contribution in [0.5, 0.6) is 0 Å². The molecule has 0 unspecified atom stereocenters. The van der Waals surface area contributed by atoms with Crippen molar-refractivity contribution >= 4 is 23.9 Å². The highest BCUT2D eigenvalue weighted by atomic mass is 16.6. The summed E-state index contributed by atoms with van der Waals surface area (Å²) in [5.74, 6) is -3.63. The molecule has 2 aromatic rings. The Balaban J connectivity index is 1.62. The highest BCUT2D eigenvalue weighted by Gasteiger charge is 2.31. The number of carboxylic acids is 2. The van der Waals surface area contributed by atoms with Gasteiger partial charge in [0.25, 0.3) is 0 Å². The summed E-state index contributed by atoms with van der Waals surface area (Å²) < 4.78 is 5.46. The summed E-state index contributed by atoms with van der Waals surface area (Å²) in [4.78, 5) is 48.9. The fraction of sp³-hybridized carbons (Fsp3) is 0.304. The number of hydrogen-bond acceptors (Lipinski definition) is 5. The molecule has 0 saturated carbocycles.